The SMILES string of the molecule is CCC(CC)n1nc(COC)c([N+](=O)[O-])c1Cl. The van der Waals surface area contributed by atoms with Gasteiger partial charge in [0, 0.05) is 7.11 Å². The number of nitro groups is 1. The van der Waals surface area contributed by atoms with Gasteiger partial charge in [-0.25, -0.2) is 4.68 Å². The van der Waals surface area contributed by atoms with E-state index in [0.29, 0.717) is 0 Å². The summed E-state index contributed by atoms with van der Waals surface area (Å²) < 4.78 is 6.42. The van der Waals surface area contributed by atoms with Crippen LogP contribution in [0.4, 0.5) is 5.69 Å². The molecule has 0 atom stereocenters. The van der Waals surface area contributed by atoms with Gasteiger partial charge in [0.05, 0.1) is 17.6 Å². The van der Waals surface area contributed by atoms with Gasteiger partial charge in [-0.05, 0) is 12.8 Å². The summed E-state index contributed by atoms with van der Waals surface area (Å²) in [6.45, 7) is 4.07. The third kappa shape index (κ3) is 2.76. The number of hydrogen-bond acceptors (Lipinski definition) is 4. The number of rotatable bonds is 6. The minimum absolute atomic E-state index is 0.0757. The summed E-state index contributed by atoms with van der Waals surface area (Å²) in [6.07, 6.45) is 1.64. The molecule has 0 spiro atoms. The van der Waals surface area contributed by atoms with Crippen molar-refractivity contribution in [1.29, 1.82) is 0 Å². The van der Waals surface area contributed by atoms with E-state index in [4.69, 9.17) is 16.3 Å². The standard InChI is InChI=1S/C10H16ClN3O3/c1-4-7(5-2)13-10(11)9(14(15)16)8(12-13)6-17-3/h7H,4-6H2,1-3H3. The van der Waals surface area contributed by atoms with Gasteiger partial charge >= 0.3 is 5.69 Å². The Hall–Kier alpha value is -1.14. The van der Waals surface area contributed by atoms with E-state index in [1.165, 1.54) is 11.8 Å². The molecule has 96 valence electrons. The average Bonchev–Trinajstić information content (AvgIpc) is 2.59. The summed E-state index contributed by atoms with van der Waals surface area (Å²) in [7, 11) is 1.47. The zero-order chi connectivity index (χ0) is 13.0. The Morgan fingerprint density at radius 1 is 1.53 bits per heavy atom. The van der Waals surface area contributed by atoms with Crippen LogP contribution in [0.25, 0.3) is 0 Å². The maximum atomic E-state index is 10.9. The molecule has 0 aliphatic heterocycles. The van der Waals surface area contributed by atoms with E-state index in [1.807, 2.05) is 13.8 Å². The van der Waals surface area contributed by atoms with Crippen LogP contribution in [-0.4, -0.2) is 21.8 Å². The van der Waals surface area contributed by atoms with Crippen molar-refractivity contribution >= 4 is 17.3 Å². The highest BCUT2D eigenvalue weighted by atomic mass is 35.5. The summed E-state index contributed by atoms with van der Waals surface area (Å²) in [5, 5.41) is 15.2. The van der Waals surface area contributed by atoms with Gasteiger partial charge in [0.15, 0.2) is 5.69 Å². The number of ether oxygens (including phenoxy) is 1. The third-order valence-electron chi connectivity index (χ3n) is 2.65. The van der Waals surface area contributed by atoms with Gasteiger partial charge in [0.1, 0.15) is 0 Å². The second-order valence-electron chi connectivity index (χ2n) is 3.69. The highest BCUT2D eigenvalue weighted by molar-refractivity contribution is 6.31. The zero-order valence-electron chi connectivity index (χ0n) is 10.1. The Bertz CT molecular complexity index is 402. The third-order valence-corrected chi connectivity index (χ3v) is 3.00. The first-order valence-corrected chi connectivity index (χ1v) is 5.84. The number of halogens is 1. The number of hydrogen-bond donors (Lipinski definition) is 0. The van der Waals surface area contributed by atoms with Gasteiger partial charge in [-0.1, -0.05) is 25.4 Å². The second-order valence-corrected chi connectivity index (χ2v) is 4.05. The molecule has 0 saturated heterocycles. The van der Waals surface area contributed by atoms with Gasteiger partial charge < -0.3 is 4.74 Å². The second kappa shape index (κ2) is 5.97. The van der Waals surface area contributed by atoms with Crippen molar-refractivity contribution in [2.24, 2.45) is 0 Å². The van der Waals surface area contributed by atoms with E-state index in [2.05, 4.69) is 5.10 Å². The summed E-state index contributed by atoms with van der Waals surface area (Å²) in [5.74, 6) is 0. The Morgan fingerprint density at radius 3 is 2.53 bits per heavy atom. The highest BCUT2D eigenvalue weighted by Gasteiger charge is 2.28. The molecular formula is C10H16ClN3O3. The molecule has 0 saturated carbocycles. The summed E-state index contributed by atoms with van der Waals surface area (Å²) in [5.41, 5.74) is 0.120. The maximum Gasteiger partial charge on any atom is 0.331 e. The molecule has 0 aliphatic rings. The summed E-state index contributed by atoms with van der Waals surface area (Å²) >= 11 is 6.02. The molecule has 0 amide bonds. The van der Waals surface area contributed by atoms with Crippen LogP contribution in [0.1, 0.15) is 38.4 Å². The molecule has 0 unspecified atom stereocenters. The molecule has 1 aromatic rings. The molecule has 1 aromatic heterocycles. The Balaban J connectivity index is 3.25. The van der Waals surface area contributed by atoms with Crippen LogP contribution in [0.3, 0.4) is 0 Å². The van der Waals surface area contributed by atoms with Crippen molar-refractivity contribution in [3.63, 3.8) is 0 Å². The van der Waals surface area contributed by atoms with Crippen LogP contribution in [0.15, 0.2) is 0 Å². The van der Waals surface area contributed by atoms with E-state index < -0.39 is 4.92 Å². The Kier molecular flexibility index (Phi) is 4.89. The van der Waals surface area contributed by atoms with Crippen LogP contribution in [0.5, 0.6) is 0 Å². The molecule has 0 aromatic carbocycles. The van der Waals surface area contributed by atoms with Gasteiger partial charge in [0.2, 0.25) is 5.15 Å². The molecule has 7 heteroatoms. The number of aromatic nitrogens is 2. The first kappa shape index (κ1) is 13.9. The molecule has 0 N–H and O–H groups in total. The number of nitrogens with zero attached hydrogens (tertiary/aromatic N) is 3. The highest BCUT2D eigenvalue weighted by Crippen LogP contribution is 2.32. The van der Waals surface area contributed by atoms with Crippen LogP contribution >= 0.6 is 11.6 Å². The first-order chi connectivity index (χ1) is 8.06. The van der Waals surface area contributed by atoms with Gasteiger partial charge in [-0.3, -0.25) is 10.1 Å². The van der Waals surface area contributed by atoms with Crippen molar-refractivity contribution in [3.05, 3.63) is 21.0 Å². The first-order valence-electron chi connectivity index (χ1n) is 5.46. The van der Waals surface area contributed by atoms with E-state index >= 15 is 0 Å². The van der Waals surface area contributed by atoms with Gasteiger partial charge in [-0.15, -0.1) is 0 Å². The fourth-order valence-electron chi connectivity index (χ4n) is 1.74. The van der Waals surface area contributed by atoms with Crippen molar-refractivity contribution in [2.75, 3.05) is 7.11 Å². The Morgan fingerprint density at radius 2 is 2.12 bits per heavy atom. The maximum absolute atomic E-state index is 10.9. The summed E-state index contributed by atoms with van der Waals surface area (Å²) in [6, 6.07) is 0.0757. The molecule has 6 nitrogen and oxygen atoms in total. The van der Waals surface area contributed by atoms with E-state index in [0.717, 1.165) is 12.8 Å². The predicted octanol–water partition coefficient (Wildman–Crippen LogP) is 2.95. The van der Waals surface area contributed by atoms with E-state index in [-0.39, 0.29) is 29.2 Å². The van der Waals surface area contributed by atoms with Crippen LogP contribution in [0.2, 0.25) is 5.15 Å². The quantitative estimate of drug-likeness (QED) is 0.583. The lowest BCUT2D eigenvalue weighted by molar-refractivity contribution is -0.385. The van der Waals surface area contributed by atoms with Crippen molar-refractivity contribution in [1.82, 2.24) is 9.78 Å². The van der Waals surface area contributed by atoms with Crippen LogP contribution < -0.4 is 0 Å². The smallest absolute Gasteiger partial charge is 0.331 e. The van der Waals surface area contributed by atoms with Gasteiger partial charge in [-0.2, -0.15) is 5.10 Å². The fourth-order valence-corrected chi connectivity index (χ4v) is 2.09. The van der Waals surface area contributed by atoms with Crippen molar-refractivity contribution in [2.45, 2.75) is 39.3 Å². The molecule has 0 aliphatic carbocycles. The lowest BCUT2D eigenvalue weighted by Gasteiger charge is -2.13. The zero-order valence-corrected chi connectivity index (χ0v) is 10.9. The lowest BCUT2D eigenvalue weighted by atomic mass is 10.2. The van der Waals surface area contributed by atoms with Crippen LogP contribution in [-0.2, 0) is 11.3 Å². The largest absolute Gasteiger partial charge is 0.378 e. The van der Waals surface area contributed by atoms with Crippen molar-refractivity contribution in [3.8, 4) is 0 Å². The van der Waals surface area contributed by atoms with Crippen LogP contribution in [0, 0.1) is 10.1 Å². The number of methoxy groups -OCH3 is 1. The van der Waals surface area contributed by atoms with Crippen molar-refractivity contribution < 1.29 is 9.66 Å². The molecule has 1 heterocycles. The average molecular weight is 262 g/mol. The predicted molar refractivity (Wildman–Crippen MR) is 64.2 cm³/mol. The lowest BCUT2D eigenvalue weighted by Crippen LogP contribution is -2.09. The molecule has 0 radical (unpaired) electrons. The molecule has 17 heavy (non-hydrogen) atoms. The minimum atomic E-state index is -0.511. The summed E-state index contributed by atoms with van der Waals surface area (Å²) in [4.78, 5) is 10.4. The molecular weight excluding hydrogens is 246 g/mol. The minimum Gasteiger partial charge on any atom is -0.378 e. The normalized spacial score (nSPS) is 11.1. The molecule has 0 fully saturated rings. The fraction of sp³-hybridized carbons (Fsp3) is 0.700. The topological polar surface area (TPSA) is 70.2 Å². The molecule has 0 bridgehead atoms. The monoisotopic (exact) mass is 261 g/mol. The van der Waals surface area contributed by atoms with Gasteiger partial charge in [0.25, 0.3) is 0 Å². The van der Waals surface area contributed by atoms with E-state index in [9.17, 15) is 10.1 Å². The van der Waals surface area contributed by atoms with E-state index in [1.54, 1.807) is 0 Å². The Labute approximate surface area is 105 Å². The molecule has 1 rings (SSSR count).